The number of benzene rings is 2. The Morgan fingerprint density at radius 2 is 1.94 bits per heavy atom. The maximum atomic E-state index is 13.0. The molecule has 0 N–H and O–H groups in total. The third-order valence-electron chi connectivity index (χ3n) is 5.42. The number of likely N-dealkylation sites (tertiary alicyclic amines) is 1. The van der Waals surface area contributed by atoms with Gasteiger partial charge in [-0.2, -0.15) is 0 Å². The Balaban J connectivity index is 1.43. The summed E-state index contributed by atoms with van der Waals surface area (Å²) in [5, 5.41) is 0.682. The first-order valence-corrected chi connectivity index (χ1v) is 10.8. The second kappa shape index (κ2) is 9.96. The second-order valence-corrected chi connectivity index (χ2v) is 7.93. The normalized spacial score (nSPS) is 15.6. The third kappa shape index (κ3) is 4.83. The smallest absolute Gasteiger partial charge is 0.261 e. The number of amides is 1. The number of carbonyl (C=O) groups excluding carboxylic acids is 1. The van der Waals surface area contributed by atoms with E-state index in [1.54, 1.807) is 43.5 Å². The lowest BCUT2D eigenvalue weighted by Gasteiger charge is -2.23. The number of oxazole rings is 1. The van der Waals surface area contributed by atoms with Gasteiger partial charge in [-0.3, -0.25) is 4.79 Å². The summed E-state index contributed by atoms with van der Waals surface area (Å²) >= 11 is 6.07. The highest BCUT2D eigenvalue weighted by Gasteiger charge is 2.33. The first kappa shape index (κ1) is 22.0. The molecule has 1 fully saturated rings. The molecule has 0 spiro atoms. The van der Waals surface area contributed by atoms with E-state index in [0.717, 1.165) is 24.2 Å². The standard InChI is InChI=1S/C24H25ClN2O5/c1-29-20-9-4-10-21(30-2)23(20)31-15-22(28)27-11-5-8-19(27)24-26-14-18(32-24)13-16-6-3-7-17(25)12-16/h3-4,6-7,9-10,12,14,19H,5,8,11,13,15H2,1-2H3/t19-/m0/s1. The molecule has 8 heteroatoms. The molecular weight excluding hydrogens is 432 g/mol. The van der Waals surface area contributed by atoms with Crippen LogP contribution in [0.25, 0.3) is 0 Å². The van der Waals surface area contributed by atoms with Crippen LogP contribution >= 0.6 is 11.6 Å². The van der Waals surface area contributed by atoms with Crippen LogP contribution < -0.4 is 14.2 Å². The number of ether oxygens (including phenoxy) is 3. The third-order valence-corrected chi connectivity index (χ3v) is 5.65. The van der Waals surface area contributed by atoms with E-state index in [1.807, 2.05) is 24.3 Å². The lowest BCUT2D eigenvalue weighted by atomic mass is 10.1. The molecule has 3 aromatic rings. The number of hydrogen-bond donors (Lipinski definition) is 0. The van der Waals surface area contributed by atoms with Crippen molar-refractivity contribution in [2.45, 2.75) is 25.3 Å². The number of methoxy groups -OCH3 is 2. The van der Waals surface area contributed by atoms with E-state index < -0.39 is 0 Å². The van der Waals surface area contributed by atoms with Crippen LogP contribution in [0.2, 0.25) is 5.02 Å². The maximum absolute atomic E-state index is 13.0. The summed E-state index contributed by atoms with van der Waals surface area (Å²) in [5.74, 6) is 2.55. The average molecular weight is 457 g/mol. The topological polar surface area (TPSA) is 74.0 Å². The minimum atomic E-state index is -0.209. The van der Waals surface area contributed by atoms with Crippen molar-refractivity contribution in [1.29, 1.82) is 0 Å². The Morgan fingerprint density at radius 1 is 1.19 bits per heavy atom. The van der Waals surface area contributed by atoms with Gasteiger partial charge in [0.25, 0.3) is 5.91 Å². The van der Waals surface area contributed by atoms with E-state index >= 15 is 0 Å². The van der Waals surface area contributed by atoms with Crippen molar-refractivity contribution in [2.24, 2.45) is 0 Å². The lowest BCUT2D eigenvalue weighted by molar-refractivity contribution is -0.134. The van der Waals surface area contributed by atoms with Gasteiger partial charge in [0.15, 0.2) is 18.1 Å². The zero-order valence-electron chi connectivity index (χ0n) is 18.0. The molecule has 0 aliphatic carbocycles. The second-order valence-electron chi connectivity index (χ2n) is 7.50. The molecule has 1 saturated heterocycles. The van der Waals surface area contributed by atoms with Gasteiger partial charge in [-0.1, -0.05) is 29.8 Å². The largest absolute Gasteiger partial charge is 0.493 e. The van der Waals surface area contributed by atoms with Gasteiger partial charge < -0.3 is 23.5 Å². The van der Waals surface area contributed by atoms with Crippen molar-refractivity contribution in [3.8, 4) is 17.2 Å². The monoisotopic (exact) mass is 456 g/mol. The number of carbonyl (C=O) groups is 1. The summed E-state index contributed by atoms with van der Waals surface area (Å²) in [6.45, 7) is 0.491. The van der Waals surface area contributed by atoms with Gasteiger partial charge in [0, 0.05) is 18.0 Å². The number of hydrogen-bond acceptors (Lipinski definition) is 6. The van der Waals surface area contributed by atoms with Gasteiger partial charge in [0.1, 0.15) is 11.8 Å². The maximum Gasteiger partial charge on any atom is 0.261 e. The van der Waals surface area contributed by atoms with Crippen LogP contribution in [0.15, 0.2) is 53.1 Å². The Bertz CT molecular complexity index is 1060. The molecule has 2 heterocycles. The van der Waals surface area contributed by atoms with Gasteiger partial charge in [0.05, 0.1) is 20.4 Å². The molecule has 168 valence electrons. The number of halogens is 1. The summed E-state index contributed by atoms with van der Waals surface area (Å²) < 4.78 is 22.5. The SMILES string of the molecule is COc1cccc(OC)c1OCC(=O)N1CCC[C@H]1c1ncc(Cc2cccc(Cl)c2)o1. The highest BCUT2D eigenvalue weighted by Crippen LogP contribution is 2.37. The first-order valence-electron chi connectivity index (χ1n) is 10.4. The van der Waals surface area contributed by atoms with E-state index in [9.17, 15) is 4.79 Å². The lowest BCUT2D eigenvalue weighted by Crippen LogP contribution is -2.34. The van der Waals surface area contributed by atoms with Crippen LogP contribution in [0.1, 0.15) is 36.1 Å². The number of para-hydroxylation sites is 1. The highest BCUT2D eigenvalue weighted by atomic mass is 35.5. The number of nitrogens with zero attached hydrogens (tertiary/aromatic N) is 2. The van der Waals surface area contributed by atoms with Gasteiger partial charge in [-0.15, -0.1) is 0 Å². The molecule has 1 aliphatic rings. The minimum Gasteiger partial charge on any atom is -0.493 e. The summed E-state index contributed by atoms with van der Waals surface area (Å²) in [5.41, 5.74) is 1.04. The van der Waals surface area contributed by atoms with Crippen molar-refractivity contribution in [3.05, 3.63) is 70.9 Å². The van der Waals surface area contributed by atoms with Crippen LogP contribution in [-0.2, 0) is 11.2 Å². The molecule has 7 nitrogen and oxygen atoms in total. The number of aromatic nitrogens is 1. The zero-order chi connectivity index (χ0) is 22.5. The summed E-state index contributed by atoms with van der Waals surface area (Å²) in [7, 11) is 3.09. The predicted octanol–water partition coefficient (Wildman–Crippen LogP) is 4.68. The summed E-state index contributed by atoms with van der Waals surface area (Å²) in [6.07, 6.45) is 3.97. The molecule has 32 heavy (non-hydrogen) atoms. The first-order chi connectivity index (χ1) is 15.6. The minimum absolute atomic E-state index is 0.136. The fourth-order valence-electron chi connectivity index (χ4n) is 3.90. The van der Waals surface area contributed by atoms with E-state index in [-0.39, 0.29) is 18.6 Å². The Labute approximate surface area is 191 Å². The van der Waals surface area contributed by atoms with Crippen molar-refractivity contribution in [3.63, 3.8) is 0 Å². The molecule has 1 aliphatic heterocycles. The van der Waals surface area contributed by atoms with Crippen molar-refractivity contribution in [1.82, 2.24) is 9.88 Å². The van der Waals surface area contributed by atoms with Crippen LogP contribution in [-0.4, -0.2) is 43.2 Å². The van der Waals surface area contributed by atoms with Crippen molar-refractivity contribution in [2.75, 3.05) is 27.4 Å². The zero-order valence-corrected chi connectivity index (χ0v) is 18.8. The number of rotatable bonds is 8. The van der Waals surface area contributed by atoms with Gasteiger partial charge >= 0.3 is 0 Å². The van der Waals surface area contributed by atoms with Crippen molar-refractivity contribution >= 4 is 17.5 Å². The van der Waals surface area contributed by atoms with Crippen molar-refractivity contribution < 1.29 is 23.4 Å². The van der Waals surface area contributed by atoms with E-state index in [4.69, 9.17) is 30.2 Å². The van der Waals surface area contributed by atoms with Gasteiger partial charge in [-0.05, 0) is 42.7 Å². The Morgan fingerprint density at radius 3 is 2.66 bits per heavy atom. The molecule has 1 aromatic heterocycles. The van der Waals surface area contributed by atoms with Gasteiger partial charge in [-0.25, -0.2) is 4.98 Å². The van der Waals surface area contributed by atoms with Crippen LogP contribution in [0.5, 0.6) is 17.2 Å². The summed E-state index contributed by atoms with van der Waals surface area (Å²) in [4.78, 5) is 19.2. The Kier molecular flexibility index (Phi) is 6.85. The molecule has 0 bridgehead atoms. The molecule has 0 saturated carbocycles. The Hall–Kier alpha value is -3.19. The molecular formula is C24H25ClN2O5. The molecule has 1 atom stereocenters. The van der Waals surface area contributed by atoms with E-state index in [1.165, 1.54) is 0 Å². The summed E-state index contributed by atoms with van der Waals surface area (Å²) in [6, 6.07) is 12.7. The molecule has 4 rings (SSSR count). The van der Waals surface area contributed by atoms with E-state index in [0.29, 0.717) is 41.1 Å². The average Bonchev–Trinajstić information content (AvgIpc) is 3.46. The quantitative estimate of drug-likeness (QED) is 0.490. The molecule has 2 aromatic carbocycles. The highest BCUT2D eigenvalue weighted by molar-refractivity contribution is 6.30. The molecule has 0 unspecified atom stereocenters. The molecule has 0 radical (unpaired) electrons. The van der Waals surface area contributed by atoms with Crippen LogP contribution in [0.3, 0.4) is 0 Å². The van der Waals surface area contributed by atoms with E-state index in [2.05, 4.69) is 4.98 Å². The molecule has 1 amide bonds. The van der Waals surface area contributed by atoms with Crippen LogP contribution in [0, 0.1) is 0 Å². The fraction of sp³-hybridized carbons (Fsp3) is 0.333. The van der Waals surface area contributed by atoms with Crippen LogP contribution in [0.4, 0.5) is 0 Å². The van der Waals surface area contributed by atoms with Gasteiger partial charge in [0.2, 0.25) is 11.6 Å². The predicted molar refractivity (Wildman–Crippen MR) is 119 cm³/mol. The fourth-order valence-corrected chi connectivity index (χ4v) is 4.12.